The van der Waals surface area contributed by atoms with Crippen molar-refractivity contribution in [2.75, 3.05) is 0 Å². The van der Waals surface area contributed by atoms with Gasteiger partial charge in [-0.2, -0.15) is 0 Å². The van der Waals surface area contributed by atoms with Gasteiger partial charge in [-0.25, -0.2) is 0 Å². The number of carbonyl (C=O) groups is 1. The van der Waals surface area contributed by atoms with Crippen molar-refractivity contribution in [1.82, 2.24) is 0 Å². The van der Waals surface area contributed by atoms with Gasteiger partial charge in [0.05, 0.1) is 4.92 Å². The molecule has 1 atom stereocenters. The SMILES string of the molecule is NC(CCC(=O)O)c1ccc([N+](=O)[O-])cc1. The van der Waals surface area contributed by atoms with Gasteiger partial charge < -0.3 is 10.8 Å². The Bertz CT molecular complexity index is 388. The molecule has 6 nitrogen and oxygen atoms in total. The van der Waals surface area contributed by atoms with E-state index >= 15 is 0 Å². The highest BCUT2D eigenvalue weighted by molar-refractivity contribution is 5.66. The summed E-state index contributed by atoms with van der Waals surface area (Å²) in [4.78, 5) is 20.2. The molecule has 1 rings (SSSR count). The number of nitro groups is 1. The Morgan fingerprint density at radius 3 is 2.44 bits per heavy atom. The Morgan fingerprint density at radius 2 is 2.00 bits per heavy atom. The van der Waals surface area contributed by atoms with Crippen molar-refractivity contribution in [3.05, 3.63) is 39.9 Å². The highest BCUT2D eigenvalue weighted by Crippen LogP contribution is 2.19. The first-order valence-electron chi connectivity index (χ1n) is 4.72. The molecule has 0 bridgehead atoms. The van der Waals surface area contributed by atoms with Gasteiger partial charge in [-0.05, 0) is 12.0 Å². The lowest BCUT2D eigenvalue weighted by Crippen LogP contribution is -2.12. The second-order valence-electron chi connectivity index (χ2n) is 3.39. The van der Waals surface area contributed by atoms with E-state index in [0.717, 1.165) is 0 Å². The fourth-order valence-electron chi connectivity index (χ4n) is 1.29. The summed E-state index contributed by atoms with van der Waals surface area (Å²) < 4.78 is 0. The third-order valence-electron chi connectivity index (χ3n) is 2.20. The second-order valence-corrected chi connectivity index (χ2v) is 3.39. The highest BCUT2D eigenvalue weighted by Gasteiger charge is 2.10. The van der Waals surface area contributed by atoms with Gasteiger partial charge in [0.25, 0.3) is 5.69 Å². The standard InChI is InChI=1S/C10H12N2O4/c11-9(5-6-10(13)14)7-1-3-8(4-2-7)12(15)16/h1-4,9H,5-6,11H2,(H,13,14). The van der Waals surface area contributed by atoms with Crippen LogP contribution in [0.2, 0.25) is 0 Å². The lowest BCUT2D eigenvalue weighted by Gasteiger charge is -2.09. The van der Waals surface area contributed by atoms with Crippen molar-refractivity contribution in [2.24, 2.45) is 5.73 Å². The molecule has 1 unspecified atom stereocenters. The largest absolute Gasteiger partial charge is 0.481 e. The van der Waals surface area contributed by atoms with Crippen LogP contribution in [0.25, 0.3) is 0 Å². The van der Waals surface area contributed by atoms with Gasteiger partial charge in [0.15, 0.2) is 0 Å². The maximum Gasteiger partial charge on any atom is 0.303 e. The molecule has 0 aliphatic heterocycles. The summed E-state index contributed by atoms with van der Waals surface area (Å²) in [5.41, 5.74) is 6.43. The molecule has 0 spiro atoms. The molecule has 0 fully saturated rings. The summed E-state index contributed by atoms with van der Waals surface area (Å²) in [5, 5.41) is 18.9. The van der Waals surface area contributed by atoms with Crippen molar-refractivity contribution in [3.63, 3.8) is 0 Å². The van der Waals surface area contributed by atoms with E-state index in [0.29, 0.717) is 12.0 Å². The van der Waals surface area contributed by atoms with Crippen LogP contribution >= 0.6 is 0 Å². The summed E-state index contributed by atoms with van der Waals surface area (Å²) in [6, 6.07) is 5.40. The summed E-state index contributed by atoms with van der Waals surface area (Å²) >= 11 is 0. The third kappa shape index (κ3) is 3.32. The van der Waals surface area contributed by atoms with Crippen LogP contribution in [0, 0.1) is 10.1 Å². The Labute approximate surface area is 91.8 Å². The zero-order valence-corrected chi connectivity index (χ0v) is 8.50. The minimum atomic E-state index is -0.905. The lowest BCUT2D eigenvalue weighted by atomic mass is 10.0. The van der Waals surface area contributed by atoms with Crippen LogP contribution < -0.4 is 5.73 Å². The molecule has 0 saturated carbocycles. The number of non-ortho nitro benzene ring substituents is 1. The van der Waals surface area contributed by atoms with E-state index in [9.17, 15) is 14.9 Å². The van der Waals surface area contributed by atoms with E-state index in [2.05, 4.69) is 0 Å². The van der Waals surface area contributed by atoms with Crippen molar-refractivity contribution < 1.29 is 14.8 Å². The third-order valence-corrected chi connectivity index (χ3v) is 2.20. The van der Waals surface area contributed by atoms with Crippen LogP contribution in [0.4, 0.5) is 5.69 Å². The number of rotatable bonds is 5. The van der Waals surface area contributed by atoms with Crippen LogP contribution in [0.1, 0.15) is 24.4 Å². The summed E-state index contributed by atoms with van der Waals surface area (Å²) in [5.74, 6) is -0.905. The summed E-state index contributed by atoms with van der Waals surface area (Å²) in [6.07, 6.45) is 0.297. The minimum Gasteiger partial charge on any atom is -0.481 e. The zero-order valence-electron chi connectivity index (χ0n) is 8.50. The zero-order chi connectivity index (χ0) is 12.1. The van der Waals surface area contributed by atoms with Crippen LogP contribution in [0.15, 0.2) is 24.3 Å². The van der Waals surface area contributed by atoms with Gasteiger partial charge in [0.2, 0.25) is 0 Å². The molecule has 3 N–H and O–H groups in total. The number of aliphatic carboxylic acids is 1. The van der Waals surface area contributed by atoms with Crippen molar-refractivity contribution in [3.8, 4) is 0 Å². The Morgan fingerprint density at radius 1 is 1.44 bits per heavy atom. The molecule has 16 heavy (non-hydrogen) atoms. The smallest absolute Gasteiger partial charge is 0.303 e. The number of hydrogen-bond acceptors (Lipinski definition) is 4. The maximum absolute atomic E-state index is 10.4. The number of carboxylic acid groups (broad SMARTS) is 1. The van der Waals surface area contributed by atoms with Crippen molar-refractivity contribution in [2.45, 2.75) is 18.9 Å². The number of hydrogen-bond donors (Lipinski definition) is 2. The molecule has 0 aliphatic rings. The topological polar surface area (TPSA) is 106 Å². The number of nitro benzene ring substituents is 1. The van der Waals surface area contributed by atoms with Crippen LogP contribution in [0.3, 0.4) is 0 Å². The molecule has 0 aromatic heterocycles. The van der Waals surface area contributed by atoms with Crippen molar-refractivity contribution >= 4 is 11.7 Å². The predicted molar refractivity (Wildman–Crippen MR) is 56.9 cm³/mol. The number of benzene rings is 1. The molecule has 0 radical (unpaired) electrons. The molecule has 1 aromatic rings. The van der Waals surface area contributed by atoms with Crippen molar-refractivity contribution in [1.29, 1.82) is 0 Å². The average Bonchev–Trinajstić information content (AvgIpc) is 2.26. The monoisotopic (exact) mass is 224 g/mol. The minimum absolute atomic E-state index is 0.00538. The lowest BCUT2D eigenvalue weighted by molar-refractivity contribution is -0.384. The molecule has 6 heteroatoms. The van der Waals surface area contributed by atoms with Gasteiger partial charge in [-0.3, -0.25) is 14.9 Å². The summed E-state index contributed by atoms with van der Waals surface area (Å²) in [6.45, 7) is 0. The molecular weight excluding hydrogens is 212 g/mol. The number of nitrogens with zero attached hydrogens (tertiary/aromatic N) is 1. The van der Waals surface area contributed by atoms with Gasteiger partial charge in [0, 0.05) is 24.6 Å². The second kappa shape index (κ2) is 5.22. The maximum atomic E-state index is 10.4. The molecule has 0 saturated heterocycles. The Kier molecular flexibility index (Phi) is 3.96. The molecule has 0 amide bonds. The Hall–Kier alpha value is -1.95. The van der Waals surface area contributed by atoms with Gasteiger partial charge in [-0.15, -0.1) is 0 Å². The highest BCUT2D eigenvalue weighted by atomic mass is 16.6. The van der Waals surface area contributed by atoms with Crippen LogP contribution in [0.5, 0.6) is 0 Å². The quantitative estimate of drug-likeness (QED) is 0.581. The molecule has 0 heterocycles. The number of carboxylic acids is 1. The average molecular weight is 224 g/mol. The molecular formula is C10H12N2O4. The summed E-state index contributed by atoms with van der Waals surface area (Å²) in [7, 11) is 0. The first-order chi connectivity index (χ1) is 7.50. The first kappa shape index (κ1) is 12.1. The number of nitrogens with two attached hydrogens (primary N) is 1. The fraction of sp³-hybridized carbons (Fsp3) is 0.300. The fourth-order valence-corrected chi connectivity index (χ4v) is 1.29. The molecule has 86 valence electrons. The first-order valence-corrected chi connectivity index (χ1v) is 4.72. The van der Waals surface area contributed by atoms with E-state index in [-0.39, 0.29) is 12.1 Å². The van der Waals surface area contributed by atoms with Gasteiger partial charge in [0.1, 0.15) is 0 Å². The molecule has 0 aliphatic carbocycles. The van der Waals surface area contributed by atoms with E-state index in [1.165, 1.54) is 12.1 Å². The van der Waals surface area contributed by atoms with Crippen LogP contribution in [-0.2, 0) is 4.79 Å². The van der Waals surface area contributed by atoms with Gasteiger partial charge >= 0.3 is 5.97 Å². The molecule has 1 aromatic carbocycles. The van der Waals surface area contributed by atoms with E-state index < -0.39 is 16.9 Å². The van der Waals surface area contributed by atoms with E-state index in [1.807, 2.05) is 0 Å². The predicted octanol–water partition coefficient (Wildman–Crippen LogP) is 1.46. The normalized spacial score (nSPS) is 12.1. The van der Waals surface area contributed by atoms with Gasteiger partial charge in [-0.1, -0.05) is 12.1 Å². The van der Waals surface area contributed by atoms with E-state index in [1.54, 1.807) is 12.1 Å². The van der Waals surface area contributed by atoms with Crippen LogP contribution in [-0.4, -0.2) is 16.0 Å². The van der Waals surface area contributed by atoms with E-state index in [4.69, 9.17) is 10.8 Å². The Balaban J connectivity index is 2.66.